The summed E-state index contributed by atoms with van der Waals surface area (Å²) in [6.07, 6.45) is 1.12. The summed E-state index contributed by atoms with van der Waals surface area (Å²) in [5.74, 6) is -0.433. The highest BCUT2D eigenvalue weighted by Crippen LogP contribution is 2.16. The number of hydrogen-bond donors (Lipinski definition) is 2. The zero-order valence-electron chi connectivity index (χ0n) is 10.2. The summed E-state index contributed by atoms with van der Waals surface area (Å²) in [4.78, 5) is 12.7. The number of carbonyl (C=O) groups is 1. The number of nitrogens with one attached hydrogen (secondary N) is 1. The largest absolute Gasteiger partial charge is 0.480 e. The molecular formula is C10H20N2O4S. The highest BCUT2D eigenvalue weighted by Gasteiger charge is 2.30. The first-order valence-corrected chi connectivity index (χ1v) is 7.48. The maximum absolute atomic E-state index is 11.3. The van der Waals surface area contributed by atoms with Crippen LogP contribution < -0.4 is 5.32 Å². The molecule has 1 aliphatic heterocycles. The second-order valence-electron chi connectivity index (χ2n) is 4.51. The summed E-state index contributed by atoms with van der Waals surface area (Å²) in [7, 11) is 0.583. The number of aliphatic carboxylic acids is 1. The van der Waals surface area contributed by atoms with Gasteiger partial charge in [-0.2, -0.15) is 0 Å². The van der Waals surface area contributed by atoms with Crippen LogP contribution in [0.3, 0.4) is 0 Å². The molecule has 0 aromatic carbocycles. The molecule has 0 saturated carbocycles. The van der Waals surface area contributed by atoms with Crippen LogP contribution in [-0.2, 0) is 14.6 Å². The minimum absolute atomic E-state index is 0.0336. The second-order valence-corrected chi connectivity index (χ2v) is 6.73. The van der Waals surface area contributed by atoms with Gasteiger partial charge in [0.05, 0.1) is 11.5 Å². The van der Waals surface area contributed by atoms with Gasteiger partial charge in [-0.1, -0.05) is 0 Å². The van der Waals surface area contributed by atoms with Crippen molar-refractivity contribution >= 4 is 15.8 Å². The highest BCUT2D eigenvalue weighted by molar-refractivity contribution is 7.91. The van der Waals surface area contributed by atoms with Crippen LogP contribution in [0.1, 0.15) is 12.8 Å². The minimum Gasteiger partial charge on any atom is -0.480 e. The summed E-state index contributed by atoms with van der Waals surface area (Å²) in [5.41, 5.74) is 0. The van der Waals surface area contributed by atoms with Gasteiger partial charge < -0.3 is 15.3 Å². The molecule has 1 aliphatic rings. The molecule has 1 fully saturated rings. The Bertz CT molecular complexity index is 369. The fourth-order valence-corrected chi connectivity index (χ4v) is 3.83. The number of likely N-dealkylation sites (N-methyl/N-ethyl adjacent to an activating group) is 1. The third-order valence-corrected chi connectivity index (χ3v) is 5.00. The SMILES string of the molecule is CNC(CCN(C)C1CCS(=O)(=O)C1)C(=O)O. The Morgan fingerprint density at radius 3 is 2.65 bits per heavy atom. The minimum atomic E-state index is -2.87. The van der Waals surface area contributed by atoms with Gasteiger partial charge in [0.1, 0.15) is 6.04 Å². The molecule has 0 aromatic rings. The van der Waals surface area contributed by atoms with Crippen LogP contribution in [0.15, 0.2) is 0 Å². The Balaban J connectivity index is 2.40. The van der Waals surface area contributed by atoms with E-state index in [0.717, 1.165) is 0 Å². The van der Waals surface area contributed by atoms with Crippen LogP contribution in [0.5, 0.6) is 0 Å². The first-order chi connectivity index (χ1) is 7.85. The molecule has 2 N–H and O–H groups in total. The van der Waals surface area contributed by atoms with Crippen molar-refractivity contribution < 1.29 is 18.3 Å². The zero-order valence-corrected chi connectivity index (χ0v) is 11.0. The van der Waals surface area contributed by atoms with Crippen LogP contribution >= 0.6 is 0 Å². The molecule has 0 radical (unpaired) electrons. The predicted octanol–water partition coefficient (Wildman–Crippen LogP) is -0.832. The Morgan fingerprint density at radius 2 is 2.24 bits per heavy atom. The monoisotopic (exact) mass is 264 g/mol. The Kier molecular flexibility index (Phi) is 4.91. The van der Waals surface area contributed by atoms with Gasteiger partial charge >= 0.3 is 5.97 Å². The first kappa shape index (κ1) is 14.4. The molecular weight excluding hydrogens is 244 g/mol. The van der Waals surface area contributed by atoms with Gasteiger partial charge in [-0.15, -0.1) is 0 Å². The van der Waals surface area contributed by atoms with E-state index in [0.29, 0.717) is 19.4 Å². The summed E-state index contributed by atoms with van der Waals surface area (Å²) in [6, 6.07) is -0.540. The van der Waals surface area contributed by atoms with Crippen LogP contribution in [0, 0.1) is 0 Å². The molecule has 0 bridgehead atoms. The lowest BCUT2D eigenvalue weighted by Gasteiger charge is -2.24. The van der Waals surface area contributed by atoms with E-state index in [2.05, 4.69) is 5.32 Å². The molecule has 1 heterocycles. The van der Waals surface area contributed by atoms with Crippen LogP contribution in [0.2, 0.25) is 0 Å². The number of hydrogen-bond acceptors (Lipinski definition) is 5. The van der Waals surface area contributed by atoms with Gasteiger partial charge in [0.15, 0.2) is 9.84 Å². The quantitative estimate of drug-likeness (QED) is 0.651. The number of nitrogens with zero attached hydrogens (tertiary/aromatic N) is 1. The summed E-state index contributed by atoms with van der Waals surface area (Å²) in [5, 5.41) is 11.6. The van der Waals surface area contributed by atoms with Crippen molar-refractivity contribution in [1.82, 2.24) is 10.2 Å². The van der Waals surface area contributed by atoms with Crippen molar-refractivity contribution in [2.75, 3.05) is 32.1 Å². The molecule has 1 rings (SSSR count). The molecule has 6 nitrogen and oxygen atoms in total. The molecule has 100 valence electrons. The van der Waals surface area contributed by atoms with Gasteiger partial charge in [-0.05, 0) is 26.9 Å². The Labute approximate surface area is 102 Å². The molecule has 2 unspecified atom stereocenters. The molecule has 7 heteroatoms. The fraction of sp³-hybridized carbons (Fsp3) is 0.900. The van der Waals surface area contributed by atoms with Gasteiger partial charge in [-0.3, -0.25) is 4.79 Å². The number of carboxylic acids is 1. The number of sulfone groups is 1. The van der Waals surface area contributed by atoms with Crippen LogP contribution in [0.25, 0.3) is 0 Å². The summed E-state index contributed by atoms with van der Waals surface area (Å²) >= 11 is 0. The summed E-state index contributed by atoms with van der Waals surface area (Å²) in [6.45, 7) is 0.581. The molecule has 0 amide bonds. The number of rotatable bonds is 6. The summed E-state index contributed by atoms with van der Waals surface area (Å²) < 4.78 is 22.6. The van der Waals surface area contributed by atoms with Gasteiger partial charge in [-0.25, -0.2) is 8.42 Å². The van der Waals surface area contributed by atoms with E-state index in [-0.39, 0.29) is 17.5 Å². The van der Waals surface area contributed by atoms with E-state index >= 15 is 0 Å². The third kappa shape index (κ3) is 4.25. The Morgan fingerprint density at radius 1 is 1.59 bits per heavy atom. The van der Waals surface area contributed by atoms with Crippen molar-refractivity contribution in [3.63, 3.8) is 0 Å². The van der Waals surface area contributed by atoms with Crippen molar-refractivity contribution in [2.24, 2.45) is 0 Å². The van der Waals surface area contributed by atoms with Gasteiger partial charge in [0.25, 0.3) is 0 Å². The molecule has 0 aromatic heterocycles. The predicted molar refractivity (Wildman–Crippen MR) is 64.8 cm³/mol. The highest BCUT2D eigenvalue weighted by atomic mass is 32.2. The zero-order chi connectivity index (χ0) is 13.1. The molecule has 0 aliphatic carbocycles. The standard InChI is InChI=1S/C10H20N2O4S/c1-11-9(10(13)14)3-5-12(2)8-4-6-17(15,16)7-8/h8-9,11H,3-7H2,1-2H3,(H,13,14). The first-order valence-electron chi connectivity index (χ1n) is 5.66. The molecule has 17 heavy (non-hydrogen) atoms. The molecule has 0 spiro atoms. The van der Waals surface area contributed by atoms with E-state index in [4.69, 9.17) is 5.11 Å². The van der Waals surface area contributed by atoms with E-state index in [1.54, 1.807) is 7.05 Å². The normalized spacial score (nSPS) is 25.0. The Hall–Kier alpha value is -0.660. The second kappa shape index (κ2) is 5.79. The van der Waals surface area contributed by atoms with E-state index in [9.17, 15) is 13.2 Å². The van der Waals surface area contributed by atoms with Crippen LogP contribution in [0.4, 0.5) is 0 Å². The smallest absolute Gasteiger partial charge is 0.320 e. The maximum Gasteiger partial charge on any atom is 0.320 e. The van der Waals surface area contributed by atoms with Crippen molar-refractivity contribution in [3.8, 4) is 0 Å². The molecule has 2 atom stereocenters. The lowest BCUT2D eigenvalue weighted by atomic mass is 10.1. The van der Waals surface area contributed by atoms with Crippen molar-refractivity contribution in [3.05, 3.63) is 0 Å². The topological polar surface area (TPSA) is 86.7 Å². The maximum atomic E-state index is 11.3. The third-order valence-electron chi connectivity index (χ3n) is 3.25. The number of carboxylic acid groups (broad SMARTS) is 1. The van der Waals surface area contributed by atoms with Crippen molar-refractivity contribution in [2.45, 2.75) is 24.9 Å². The average Bonchev–Trinajstić information content (AvgIpc) is 2.59. The van der Waals surface area contributed by atoms with Gasteiger partial charge in [0, 0.05) is 12.6 Å². The molecule has 1 saturated heterocycles. The van der Waals surface area contributed by atoms with E-state index < -0.39 is 21.8 Å². The van der Waals surface area contributed by atoms with E-state index in [1.165, 1.54) is 0 Å². The van der Waals surface area contributed by atoms with Gasteiger partial charge in [0.2, 0.25) is 0 Å². The van der Waals surface area contributed by atoms with Crippen molar-refractivity contribution in [1.29, 1.82) is 0 Å². The van der Waals surface area contributed by atoms with Crippen LogP contribution in [-0.4, -0.2) is 68.6 Å². The van der Waals surface area contributed by atoms with E-state index in [1.807, 2.05) is 11.9 Å². The average molecular weight is 264 g/mol. The fourth-order valence-electron chi connectivity index (χ4n) is 2.03. The lowest BCUT2D eigenvalue weighted by Crippen LogP contribution is -2.40. The lowest BCUT2D eigenvalue weighted by molar-refractivity contribution is -0.139.